The van der Waals surface area contributed by atoms with Gasteiger partial charge in [-0.1, -0.05) is 0 Å². The molecule has 1 saturated heterocycles. The highest BCUT2D eigenvalue weighted by Gasteiger charge is 2.26. The Morgan fingerprint density at radius 2 is 1.80 bits per heavy atom. The van der Waals surface area contributed by atoms with Gasteiger partial charge in [0.05, 0.1) is 5.75 Å². The molecule has 1 aromatic heterocycles. The lowest BCUT2D eigenvalue weighted by atomic mass is 10.3. The van der Waals surface area contributed by atoms with Gasteiger partial charge in [-0.25, -0.2) is 13.2 Å². The van der Waals surface area contributed by atoms with Gasteiger partial charge in [0.1, 0.15) is 5.82 Å². The fourth-order valence-electron chi connectivity index (χ4n) is 2.10. The Morgan fingerprint density at radius 1 is 1.20 bits per heavy atom. The van der Waals surface area contributed by atoms with Gasteiger partial charge >= 0.3 is 5.69 Å². The molecule has 2 rings (SSSR count). The molecule has 0 bridgehead atoms. The molecule has 2 heterocycles. The number of anilines is 1. The topological polar surface area (TPSA) is 95.5 Å². The van der Waals surface area contributed by atoms with Crippen LogP contribution in [0, 0.1) is 0 Å². The van der Waals surface area contributed by atoms with Gasteiger partial charge in [-0.05, 0) is 6.92 Å². The number of rotatable bonds is 3. The summed E-state index contributed by atoms with van der Waals surface area (Å²) in [4.78, 5) is 27.6. The van der Waals surface area contributed by atoms with E-state index in [-0.39, 0.29) is 11.3 Å². The molecular formula is C11H18N4O4S. The van der Waals surface area contributed by atoms with E-state index in [0.29, 0.717) is 32.0 Å². The number of aromatic amines is 1. The molecule has 0 spiro atoms. The number of sulfonamides is 1. The number of nitrogens with zero attached hydrogens (tertiary/aromatic N) is 3. The minimum absolute atomic E-state index is 0.0791. The first-order valence-corrected chi connectivity index (χ1v) is 7.99. The van der Waals surface area contributed by atoms with Crippen molar-refractivity contribution in [1.82, 2.24) is 13.9 Å². The lowest BCUT2D eigenvalue weighted by Gasteiger charge is -2.34. The average Bonchev–Trinajstić information content (AvgIpc) is 2.44. The van der Waals surface area contributed by atoms with Gasteiger partial charge in [-0.2, -0.15) is 4.31 Å². The first-order chi connectivity index (χ1) is 9.35. The zero-order chi connectivity index (χ0) is 14.9. The van der Waals surface area contributed by atoms with Gasteiger partial charge in [-0.15, -0.1) is 0 Å². The van der Waals surface area contributed by atoms with Gasteiger partial charge < -0.3 is 4.90 Å². The van der Waals surface area contributed by atoms with Crippen molar-refractivity contribution in [3.05, 3.63) is 26.9 Å². The van der Waals surface area contributed by atoms with Crippen molar-refractivity contribution in [1.29, 1.82) is 0 Å². The van der Waals surface area contributed by atoms with Crippen LogP contribution in [-0.2, 0) is 17.1 Å². The van der Waals surface area contributed by atoms with Crippen LogP contribution in [0.5, 0.6) is 0 Å². The number of nitrogens with one attached hydrogen (secondary N) is 1. The molecule has 0 atom stereocenters. The molecule has 1 aliphatic rings. The molecule has 20 heavy (non-hydrogen) atoms. The molecule has 9 heteroatoms. The maximum atomic E-state index is 11.7. The Labute approximate surface area is 116 Å². The summed E-state index contributed by atoms with van der Waals surface area (Å²) in [5.74, 6) is 0.516. The molecule has 0 radical (unpaired) electrons. The Hall–Kier alpha value is -1.61. The number of hydrogen-bond acceptors (Lipinski definition) is 5. The Kier molecular flexibility index (Phi) is 4.00. The molecule has 1 aromatic rings. The first-order valence-electron chi connectivity index (χ1n) is 6.38. The van der Waals surface area contributed by atoms with Crippen LogP contribution in [0.1, 0.15) is 6.92 Å². The highest BCUT2D eigenvalue weighted by Crippen LogP contribution is 2.12. The first kappa shape index (κ1) is 14.8. The maximum absolute atomic E-state index is 11.7. The molecule has 1 aliphatic heterocycles. The summed E-state index contributed by atoms with van der Waals surface area (Å²) in [5.41, 5.74) is -0.858. The molecular weight excluding hydrogens is 284 g/mol. The normalized spacial score (nSPS) is 17.4. The van der Waals surface area contributed by atoms with E-state index in [1.54, 1.807) is 6.92 Å². The predicted octanol–water partition coefficient (Wildman–Crippen LogP) is -1.45. The molecule has 0 aliphatic carbocycles. The summed E-state index contributed by atoms with van der Waals surface area (Å²) >= 11 is 0. The summed E-state index contributed by atoms with van der Waals surface area (Å²) in [6, 6.07) is 1.35. The van der Waals surface area contributed by atoms with Crippen molar-refractivity contribution in [3.8, 4) is 0 Å². The van der Waals surface area contributed by atoms with E-state index in [0.717, 1.165) is 4.57 Å². The van der Waals surface area contributed by atoms with E-state index >= 15 is 0 Å². The zero-order valence-corrected chi connectivity index (χ0v) is 12.3. The van der Waals surface area contributed by atoms with E-state index in [2.05, 4.69) is 4.98 Å². The third kappa shape index (κ3) is 2.78. The second-order valence-electron chi connectivity index (χ2n) is 4.64. The molecule has 1 fully saturated rings. The fraction of sp³-hybridized carbons (Fsp3) is 0.636. The largest absolute Gasteiger partial charge is 0.355 e. The third-order valence-corrected chi connectivity index (χ3v) is 5.35. The Balaban J connectivity index is 2.16. The van der Waals surface area contributed by atoms with E-state index in [4.69, 9.17) is 0 Å². The molecule has 0 aromatic carbocycles. The van der Waals surface area contributed by atoms with Gasteiger partial charge in [-0.3, -0.25) is 14.3 Å². The highest BCUT2D eigenvalue weighted by atomic mass is 32.2. The summed E-state index contributed by atoms with van der Waals surface area (Å²) in [7, 11) is -1.78. The Morgan fingerprint density at radius 3 is 2.30 bits per heavy atom. The maximum Gasteiger partial charge on any atom is 0.329 e. The number of hydrogen-bond donors (Lipinski definition) is 1. The quantitative estimate of drug-likeness (QED) is 0.736. The van der Waals surface area contributed by atoms with Crippen molar-refractivity contribution >= 4 is 15.8 Å². The second-order valence-corrected chi connectivity index (χ2v) is 6.90. The van der Waals surface area contributed by atoms with Crippen LogP contribution in [0.25, 0.3) is 0 Å². The van der Waals surface area contributed by atoms with Crippen LogP contribution in [0.15, 0.2) is 15.7 Å². The summed E-state index contributed by atoms with van der Waals surface area (Å²) < 4.78 is 25.9. The van der Waals surface area contributed by atoms with E-state index in [1.165, 1.54) is 17.4 Å². The minimum atomic E-state index is -3.18. The van der Waals surface area contributed by atoms with Crippen LogP contribution in [0.2, 0.25) is 0 Å². The van der Waals surface area contributed by atoms with Gasteiger partial charge in [0.25, 0.3) is 5.56 Å². The van der Waals surface area contributed by atoms with E-state index < -0.39 is 15.7 Å². The molecule has 0 unspecified atom stereocenters. The Bertz CT molecular complexity index is 667. The van der Waals surface area contributed by atoms with Crippen molar-refractivity contribution in [2.24, 2.45) is 7.05 Å². The third-order valence-electron chi connectivity index (χ3n) is 3.47. The summed E-state index contributed by atoms with van der Waals surface area (Å²) in [6.45, 7) is 3.21. The van der Waals surface area contributed by atoms with E-state index in [1.807, 2.05) is 4.90 Å². The van der Waals surface area contributed by atoms with Crippen LogP contribution in [0.3, 0.4) is 0 Å². The fourth-order valence-corrected chi connectivity index (χ4v) is 3.19. The lowest BCUT2D eigenvalue weighted by Crippen LogP contribution is -2.50. The van der Waals surface area contributed by atoms with Crippen molar-refractivity contribution in [2.45, 2.75) is 6.92 Å². The smallest absolute Gasteiger partial charge is 0.329 e. The molecule has 0 amide bonds. The number of H-pyrrole nitrogens is 1. The summed E-state index contributed by atoms with van der Waals surface area (Å²) in [6.07, 6.45) is 0. The van der Waals surface area contributed by atoms with Crippen LogP contribution >= 0.6 is 0 Å². The SMILES string of the molecule is CCS(=O)(=O)N1CCN(c2cc(=O)n(C)c(=O)[nH]2)CC1. The van der Waals surface area contributed by atoms with Gasteiger partial charge in [0.15, 0.2) is 0 Å². The van der Waals surface area contributed by atoms with Gasteiger partial charge in [0, 0.05) is 39.3 Å². The zero-order valence-electron chi connectivity index (χ0n) is 11.5. The van der Waals surface area contributed by atoms with Crippen molar-refractivity contribution < 1.29 is 8.42 Å². The molecule has 112 valence electrons. The second kappa shape index (κ2) is 5.41. The van der Waals surface area contributed by atoms with E-state index in [9.17, 15) is 18.0 Å². The highest BCUT2D eigenvalue weighted by molar-refractivity contribution is 7.89. The molecule has 0 saturated carbocycles. The number of piperazine rings is 1. The predicted molar refractivity (Wildman–Crippen MR) is 75.6 cm³/mol. The molecule has 8 nitrogen and oxygen atoms in total. The lowest BCUT2D eigenvalue weighted by molar-refractivity contribution is 0.384. The van der Waals surface area contributed by atoms with Crippen LogP contribution in [-0.4, -0.2) is 54.2 Å². The van der Waals surface area contributed by atoms with Crippen LogP contribution in [0.4, 0.5) is 5.82 Å². The summed E-state index contributed by atoms with van der Waals surface area (Å²) in [5, 5.41) is 0. The monoisotopic (exact) mass is 302 g/mol. The van der Waals surface area contributed by atoms with Crippen molar-refractivity contribution in [2.75, 3.05) is 36.8 Å². The minimum Gasteiger partial charge on any atom is -0.355 e. The van der Waals surface area contributed by atoms with Crippen molar-refractivity contribution in [3.63, 3.8) is 0 Å². The van der Waals surface area contributed by atoms with Gasteiger partial charge in [0.2, 0.25) is 10.0 Å². The number of aromatic nitrogens is 2. The van der Waals surface area contributed by atoms with Crippen LogP contribution < -0.4 is 16.1 Å². The average molecular weight is 302 g/mol. The molecule has 1 N–H and O–H groups in total. The standard InChI is InChI=1S/C11H18N4O4S/c1-3-20(18,19)15-6-4-14(5-7-15)9-8-10(16)13(2)11(17)12-9/h8H,3-7H2,1-2H3,(H,12,17).